The van der Waals surface area contributed by atoms with Gasteiger partial charge in [0.05, 0.1) is 16.5 Å². The van der Waals surface area contributed by atoms with E-state index in [9.17, 15) is 24.8 Å². The molecule has 2 aromatic carbocycles. The van der Waals surface area contributed by atoms with E-state index in [1.807, 2.05) is 17.5 Å². The number of benzene rings is 2. The van der Waals surface area contributed by atoms with Gasteiger partial charge in [0.25, 0.3) is 11.2 Å². The first-order valence-corrected chi connectivity index (χ1v) is 10.6. The van der Waals surface area contributed by atoms with Gasteiger partial charge in [-0.1, -0.05) is 24.3 Å². The second-order valence-electron chi connectivity index (χ2n) is 7.25. The van der Waals surface area contributed by atoms with Gasteiger partial charge in [0.1, 0.15) is 11.3 Å². The van der Waals surface area contributed by atoms with Crippen LogP contribution in [0.1, 0.15) is 27.7 Å². The van der Waals surface area contributed by atoms with Crippen LogP contribution >= 0.6 is 11.3 Å². The molecule has 0 radical (unpaired) electrons. The SMILES string of the molecule is Cn1c(=O)c(C(=O)CC(Nc2cccc([N+](=O)[O-])c2)c2cccs2)c(O)c2ccccc21. The summed E-state index contributed by atoms with van der Waals surface area (Å²) >= 11 is 1.42. The summed E-state index contributed by atoms with van der Waals surface area (Å²) in [7, 11) is 1.55. The fourth-order valence-corrected chi connectivity index (χ4v) is 4.42. The lowest BCUT2D eigenvalue weighted by atomic mass is 10.0. The number of ketones is 1. The minimum atomic E-state index is -0.577. The lowest BCUT2D eigenvalue weighted by Crippen LogP contribution is -2.26. The molecule has 4 aromatic rings. The molecular weight excluding hydrogens is 430 g/mol. The summed E-state index contributed by atoms with van der Waals surface area (Å²) in [5.41, 5.74) is 0.0736. The van der Waals surface area contributed by atoms with E-state index in [1.165, 1.54) is 28.0 Å². The Morgan fingerprint density at radius 1 is 1.19 bits per heavy atom. The number of hydrogen-bond acceptors (Lipinski definition) is 7. The van der Waals surface area contributed by atoms with Gasteiger partial charge in [0, 0.05) is 41.6 Å². The van der Waals surface area contributed by atoms with Crippen molar-refractivity contribution in [3.8, 4) is 5.75 Å². The molecule has 0 aliphatic rings. The van der Waals surface area contributed by atoms with E-state index in [2.05, 4.69) is 5.32 Å². The van der Waals surface area contributed by atoms with Crippen LogP contribution in [0.2, 0.25) is 0 Å². The van der Waals surface area contributed by atoms with Gasteiger partial charge in [0.2, 0.25) is 0 Å². The Hall–Kier alpha value is -3.98. The van der Waals surface area contributed by atoms with Crippen LogP contribution in [0.15, 0.2) is 70.8 Å². The largest absolute Gasteiger partial charge is 0.506 e. The Balaban J connectivity index is 1.71. The van der Waals surface area contributed by atoms with Crippen molar-refractivity contribution in [2.45, 2.75) is 12.5 Å². The van der Waals surface area contributed by atoms with Crippen LogP contribution in [-0.4, -0.2) is 20.4 Å². The lowest BCUT2D eigenvalue weighted by Gasteiger charge is -2.19. The molecule has 0 aliphatic carbocycles. The number of rotatable bonds is 7. The van der Waals surface area contributed by atoms with E-state index in [-0.39, 0.29) is 23.4 Å². The highest BCUT2D eigenvalue weighted by Gasteiger charge is 2.25. The number of nitro groups is 1. The number of non-ortho nitro benzene ring substituents is 1. The van der Waals surface area contributed by atoms with E-state index in [1.54, 1.807) is 43.4 Å². The summed E-state index contributed by atoms with van der Waals surface area (Å²) in [5, 5.41) is 27.3. The van der Waals surface area contributed by atoms with Gasteiger partial charge >= 0.3 is 0 Å². The molecular formula is C23H19N3O5S. The zero-order valence-corrected chi connectivity index (χ0v) is 17.8. The van der Waals surface area contributed by atoms with Crippen molar-refractivity contribution < 1.29 is 14.8 Å². The summed E-state index contributed by atoms with van der Waals surface area (Å²) in [6, 6.07) is 15.9. The highest BCUT2D eigenvalue weighted by molar-refractivity contribution is 7.10. The van der Waals surface area contributed by atoms with Crippen LogP contribution in [0.4, 0.5) is 11.4 Å². The first-order chi connectivity index (χ1) is 15.4. The number of para-hydroxylation sites is 1. The van der Waals surface area contributed by atoms with Crippen LogP contribution in [0, 0.1) is 10.1 Å². The van der Waals surface area contributed by atoms with Crippen molar-refractivity contribution in [2.75, 3.05) is 5.32 Å². The van der Waals surface area contributed by atoms with Crippen LogP contribution in [0.3, 0.4) is 0 Å². The Morgan fingerprint density at radius 3 is 2.69 bits per heavy atom. The maximum atomic E-state index is 13.2. The Bertz CT molecular complexity index is 1380. The quantitative estimate of drug-likeness (QED) is 0.241. The van der Waals surface area contributed by atoms with Gasteiger partial charge in [-0.2, -0.15) is 0 Å². The van der Waals surface area contributed by atoms with Crippen molar-refractivity contribution in [3.63, 3.8) is 0 Å². The zero-order valence-electron chi connectivity index (χ0n) is 17.0. The topological polar surface area (TPSA) is 114 Å². The average Bonchev–Trinajstić information content (AvgIpc) is 3.32. The second kappa shape index (κ2) is 8.64. The molecule has 0 saturated carbocycles. The van der Waals surface area contributed by atoms with Crippen LogP contribution < -0.4 is 10.9 Å². The smallest absolute Gasteiger partial charge is 0.271 e. The predicted octanol–water partition coefficient (Wildman–Crippen LogP) is 4.64. The normalized spacial score (nSPS) is 11.9. The van der Waals surface area contributed by atoms with Gasteiger partial charge in [-0.05, 0) is 29.6 Å². The molecule has 162 valence electrons. The standard InChI is InChI=1S/C23H19N3O5S/c1-25-18-9-3-2-8-16(18)22(28)21(23(25)29)19(27)13-17(20-10-5-11-32-20)24-14-6-4-7-15(12-14)26(30)31/h2-12,17,24,28H,13H2,1H3. The molecule has 0 aliphatic heterocycles. The van der Waals surface area contributed by atoms with Crippen molar-refractivity contribution in [3.05, 3.63) is 97.0 Å². The minimum absolute atomic E-state index is 0.0766. The number of thiophene rings is 1. The molecule has 0 fully saturated rings. The predicted molar refractivity (Wildman–Crippen MR) is 124 cm³/mol. The van der Waals surface area contributed by atoms with Gasteiger partial charge in [-0.25, -0.2) is 0 Å². The molecule has 8 nitrogen and oxygen atoms in total. The molecule has 0 bridgehead atoms. The van der Waals surface area contributed by atoms with Crippen molar-refractivity contribution in [1.29, 1.82) is 0 Å². The third kappa shape index (κ3) is 3.97. The number of nitro benzene ring substituents is 1. The van der Waals surface area contributed by atoms with Gasteiger partial charge in [-0.15, -0.1) is 11.3 Å². The summed E-state index contributed by atoms with van der Waals surface area (Å²) in [6.45, 7) is 0. The number of pyridine rings is 1. The first kappa shape index (κ1) is 21.3. The summed E-state index contributed by atoms with van der Waals surface area (Å²) in [5.74, 6) is -0.862. The Kier molecular flexibility index (Phi) is 5.74. The second-order valence-corrected chi connectivity index (χ2v) is 8.23. The molecule has 32 heavy (non-hydrogen) atoms. The lowest BCUT2D eigenvalue weighted by molar-refractivity contribution is -0.384. The molecule has 0 amide bonds. The third-order valence-corrected chi connectivity index (χ3v) is 6.21. The van der Waals surface area contributed by atoms with E-state index < -0.39 is 22.3 Å². The number of nitrogens with zero attached hydrogens (tertiary/aromatic N) is 2. The van der Waals surface area contributed by atoms with Gasteiger partial charge in [-0.3, -0.25) is 19.7 Å². The van der Waals surface area contributed by atoms with Crippen LogP contribution in [0.25, 0.3) is 10.9 Å². The first-order valence-electron chi connectivity index (χ1n) is 9.75. The van der Waals surface area contributed by atoms with Gasteiger partial charge in [0.15, 0.2) is 5.78 Å². The van der Waals surface area contributed by atoms with E-state index >= 15 is 0 Å². The number of fused-ring (bicyclic) bond motifs is 1. The fraction of sp³-hybridized carbons (Fsp3) is 0.130. The maximum Gasteiger partial charge on any atom is 0.271 e. The summed E-state index contributed by atoms with van der Waals surface area (Å²) in [6.07, 6.45) is -0.121. The molecule has 1 unspecified atom stereocenters. The summed E-state index contributed by atoms with van der Waals surface area (Å²) in [4.78, 5) is 37.6. The highest BCUT2D eigenvalue weighted by Crippen LogP contribution is 2.32. The van der Waals surface area contributed by atoms with E-state index in [4.69, 9.17) is 0 Å². The number of aromatic nitrogens is 1. The van der Waals surface area contributed by atoms with Crippen LogP contribution in [0.5, 0.6) is 5.75 Å². The number of nitrogens with one attached hydrogen (secondary N) is 1. The highest BCUT2D eigenvalue weighted by atomic mass is 32.1. The minimum Gasteiger partial charge on any atom is -0.506 e. The number of Topliss-reactive ketones (excluding diaryl/α,β-unsaturated/α-hetero) is 1. The fourth-order valence-electron chi connectivity index (χ4n) is 3.64. The number of anilines is 1. The third-order valence-electron chi connectivity index (χ3n) is 5.23. The average molecular weight is 449 g/mol. The molecule has 0 spiro atoms. The van der Waals surface area contributed by atoms with E-state index in [0.717, 1.165) is 4.88 Å². The molecule has 0 saturated heterocycles. The molecule has 2 N–H and O–H groups in total. The number of aryl methyl sites for hydroxylation is 1. The van der Waals surface area contributed by atoms with E-state index in [0.29, 0.717) is 16.6 Å². The van der Waals surface area contributed by atoms with Crippen molar-refractivity contribution >= 4 is 39.4 Å². The number of carbonyl (C=O) groups is 1. The number of carbonyl (C=O) groups excluding carboxylic acids is 1. The molecule has 2 heterocycles. The molecule has 4 rings (SSSR count). The van der Waals surface area contributed by atoms with Crippen LogP contribution in [-0.2, 0) is 7.05 Å². The molecule has 1 atom stereocenters. The van der Waals surface area contributed by atoms with Crippen molar-refractivity contribution in [2.24, 2.45) is 7.05 Å². The molecule has 9 heteroatoms. The maximum absolute atomic E-state index is 13.2. The zero-order chi connectivity index (χ0) is 22.8. The Morgan fingerprint density at radius 2 is 1.97 bits per heavy atom. The Labute approximate surface area is 186 Å². The number of hydrogen-bond donors (Lipinski definition) is 2. The van der Waals surface area contributed by atoms with Crippen molar-refractivity contribution in [1.82, 2.24) is 4.57 Å². The monoisotopic (exact) mass is 449 g/mol. The summed E-state index contributed by atoms with van der Waals surface area (Å²) < 4.78 is 1.34. The number of aromatic hydroxyl groups is 1. The van der Waals surface area contributed by atoms with Gasteiger partial charge < -0.3 is 15.0 Å². The molecule has 2 aromatic heterocycles.